The molecule has 1 aromatic heterocycles. The van der Waals surface area contributed by atoms with Gasteiger partial charge in [0.2, 0.25) is 0 Å². The molecule has 0 aliphatic rings. The standard InChI is InChI=1S/C12H14N2O2S2/c1-18(15,16)10-4-2-9(3-5-10)11(13)8-12-14-6-7-17-12/h2-7,11H,8,13H2,1H3. The second-order valence-electron chi connectivity index (χ2n) is 4.08. The van der Waals surface area contributed by atoms with Crippen LogP contribution in [0.15, 0.2) is 40.7 Å². The Kier molecular flexibility index (Phi) is 3.79. The van der Waals surface area contributed by atoms with Gasteiger partial charge in [0.15, 0.2) is 9.84 Å². The Morgan fingerprint density at radius 1 is 1.33 bits per heavy atom. The summed E-state index contributed by atoms with van der Waals surface area (Å²) in [6.07, 6.45) is 3.60. The maximum Gasteiger partial charge on any atom is 0.175 e. The van der Waals surface area contributed by atoms with E-state index in [0.29, 0.717) is 11.3 Å². The minimum absolute atomic E-state index is 0.162. The number of hydrogen-bond acceptors (Lipinski definition) is 5. The van der Waals surface area contributed by atoms with Crippen LogP contribution in [-0.4, -0.2) is 19.7 Å². The van der Waals surface area contributed by atoms with Gasteiger partial charge in [-0.2, -0.15) is 0 Å². The lowest BCUT2D eigenvalue weighted by atomic mass is 10.1. The van der Waals surface area contributed by atoms with E-state index < -0.39 is 9.84 Å². The molecule has 1 atom stereocenters. The van der Waals surface area contributed by atoms with Gasteiger partial charge in [0.1, 0.15) is 0 Å². The highest BCUT2D eigenvalue weighted by atomic mass is 32.2. The van der Waals surface area contributed by atoms with Crippen molar-refractivity contribution < 1.29 is 8.42 Å². The summed E-state index contributed by atoms with van der Waals surface area (Å²) in [5, 5.41) is 2.89. The van der Waals surface area contributed by atoms with Crippen LogP contribution < -0.4 is 5.73 Å². The first-order chi connectivity index (χ1) is 8.47. The van der Waals surface area contributed by atoms with Crippen molar-refractivity contribution in [3.8, 4) is 0 Å². The largest absolute Gasteiger partial charge is 0.324 e. The zero-order chi connectivity index (χ0) is 13.2. The summed E-state index contributed by atoms with van der Waals surface area (Å²) in [5.74, 6) is 0. The highest BCUT2D eigenvalue weighted by molar-refractivity contribution is 7.90. The highest BCUT2D eigenvalue weighted by Crippen LogP contribution is 2.19. The fraction of sp³-hybridized carbons (Fsp3) is 0.250. The zero-order valence-corrected chi connectivity index (χ0v) is 11.5. The van der Waals surface area contributed by atoms with Crippen LogP contribution >= 0.6 is 11.3 Å². The molecule has 1 unspecified atom stereocenters. The van der Waals surface area contributed by atoms with Gasteiger partial charge in [-0.15, -0.1) is 11.3 Å². The van der Waals surface area contributed by atoms with E-state index in [-0.39, 0.29) is 6.04 Å². The molecule has 0 saturated heterocycles. The van der Waals surface area contributed by atoms with Crippen LogP contribution in [0.3, 0.4) is 0 Å². The molecule has 2 N–H and O–H groups in total. The van der Waals surface area contributed by atoms with Crippen molar-refractivity contribution in [3.05, 3.63) is 46.4 Å². The average Bonchev–Trinajstić information content (AvgIpc) is 2.81. The third-order valence-electron chi connectivity index (χ3n) is 2.61. The third kappa shape index (κ3) is 3.16. The van der Waals surface area contributed by atoms with E-state index in [4.69, 9.17) is 5.73 Å². The van der Waals surface area contributed by atoms with Crippen molar-refractivity contribution in [3.63, 3.8) is 0 Å². The van der Waals surface area contributed by atoms with Crippen molar-refractivity contribution in [2.75, 3.05) is 6.26 Å². The number of rotatable bonds is 4. The lowest BCUT2D eigenvalue weighted by molar-refractivity contribution is 0.601. The van der Waals surface area contributed by atoms with Crippen molar-refractivity contribution in [1.29, 1.82) is 0 Å². The zero-order valence-electron chi connectivity index (χ0n) is 9.91. The van der Waals surface area contributed by atoms with E-state index in [2.05, 4.69) is 4.98 Å². The summed E-state index contributed by atoms with van der Waals surface area (Å²) < 4.78 is 22.7. The van der Waals surface area contributed by atoms with Gasteiger partial charge in [0.25, 0.3) is 0 Å². The Morgan fingerprint density at radius 3 is 2.50 bits per heavy atom. The normalized spacial score (nSPS) is 13.4. The second-order valence-corrected chi connectivity index (χ2v) is 7.07. The smallest absolute Gasteiger partial charge is 0.175 e. The minimum atomic E-state index is -3.15. The fourth-order valence-electron chi connectivity index (χ4n) is 1.62. The third-order valence-corrected chi connectivity index (χ3v) is 4.54. The first kappa shape index (κ1) is 13.2. The summed E-state index contributed by atoms with van der Waals surface area (Å²) in [5.41, 5.74) is 6.98. The van der Waals surface area contributed by atoms with Gasteiger partial charge >= 0.3 is 0 Å². The maximum atomic E-state index is 11.3. The molecule has 0 saturated carbocycles. The molecular formula is C12H14N2O2S2. The minimum Gasteiger partial charge on any atom is -0.324 e. The summed E-state index contributed by atoms with van der Waals surface area (Å²) in [4.78, 5) is 4.49. The van der Waals surface area contributed by atoms with Crippen LogP contribution in [-0.2, 0) is 16.3 Å². The lowest BCUT2D eigenvalue weighted by Gasteiger charge is -2.10. The highest BCUT2D eigenvalue weighted by Gasteiger charge is 2.11. The van der Waals surface area contributed by atoms with Crippen LogP contribution in [0, 0.1) is 0 Å². The Hall–Kier alpha value is -1.24. The fourth-order valence-corrected chi connectivity index (χ4v) is 2.93. The number of aromatic nitrogens is 1. The lowest BCUT2D eigenvalue weighted by Crippen LogP contribution is -2.13. The molecule has 0 fully saturated rings. The summed E-state index contributed by atoms with van der Waals surface area (Å²) >= 11 is 1.57. The predicted molar refractivity (Wildman–Crippen MR) is 72.3 cm³/mol. The van der Waals surface area contributed by atoms with E-state index in [1.165, 1.54) is 6.26 Å². The van der Waals surface area contributed by atoms with Gasteiger partial charge in [0.05, 0.1) is 9.90 Å². The molecule has 1 heterocycles. The van der Waals surface area contributed by atoms with Gasteiger partial charge in [-0.3, -0.25) is 0 Å². The first-order valence-corrected chi connectivity index (χ1v) is 8.18. The quantitative estimate of drug-likeness (QED) is 0.928. The number of sulfone groups is 1. The summed E-state index contributed by atoms with van der Waals surface area (Å²) in [7, 11) is -3.15. The van der Waals surface area contributed by atoms with Crippen LogP contribution in [0.25, 0.3) is 0 Å². The summed E-state index contributed by atoms with van der Waals surface area (Å²) in [6, 6.07) is 6.53. The predicted octanol–water partition coefficient (Wildman–Crippen LogP) is 1.79. The molecule has 4 nitrogen and oxygen atoms in total. The number of nitrogens with two attached hydrogens (primary N) is 1. The molecule has 0 amide bonds. The molecule has 0 aliphatic carbocycles. The molecule has 2 rings (SSSR count). The van der Waals surface area contributed by atoms with E-state index in [9.17, 15) is 8.42 Å². The van der Waals surface area contributed by atoms with E-state index in [0.717, 1.165) is 10.6 Å². The van der Waals surface area contributed by atoms with Crippen molar-refractivity contribution in [2.45, 2.75) is 17.4 Å². The number of hydrogen-bond donors (Lipinski definition) is 1. The van der Waals surface area contributed by atoms with Crippen LogP contribution in [0.5, 0.6) is 0 Å². The Labute approximate surface area is 110 Å². The van der Waals surface area contributed by atoms with Gasteiger partial charge in [0, 0.05) is 30.3 Å². The van der Waals surface area contributed by atoms with Crippen molar-refractivity contribution in [1.82, 2.24) is 4.98 Å². The monoisotopic (exact) mass is 282 g/mol. The van der Waals surface area contributed by atoms with Gasteiger partial charge in [-0.25, -0.2) is 13.4 Å². The molecule has 0 bridgehead atoms. The molecule has 6 heteroatoms. The Morgan fingerprint density at radius 2 is 2.00 bits per heavy atom. The Balaban J connectivity index is 2.14. The second kappa shape index (κ2) is 5.17. The number of nitrogens with zero attached hydrogens (tertiary/aromatic N) is 1. The first-order valence-electron chi connectivity index (χ1n) is 5.41. The van der Waals surface area contributed by atoms with Gasteiger partial charge in [-0.05, 0) is 17.7 Å². The molecule has 0 aliphatic heterocycles. The Bertz CT molecular complexity index is 604. The average molecular weight is 282 g/mol. The van der Waals surface area contributed by atoms with Crippen LogP contribution in [0.1, 0.15) is 16.6 Å². The summed E-state index contributed by atoms with van der Waals surface area (Å²) in [6.45, 7) is 0. The topological polar surface area (TPSA) is 73.0 Å². The molecule has 18 heavy (non-hydrogen) atoms. The van der Waals surface area contributed by atoms with Gasteiger partial charge < -0.3 is 5.73 Å². The van der Waals surface area contributed by atoms with Crippen molar-refractivity contribution >= 4 is 21.2 Å². The molecule has 0 spiro atoms. The molecule has 96 valence electrons. The van der Waals surface area contributed by atoms with E-state index in [1.54, 1.807) is 41.8 Å². The SMILES string of the molecule is CS(=O)(=O)c1ccc(C(N)Cc2nccs2)cc1. The van der Waals surface area contributed by atoms with Crippen LogP contribution in [0.2, 0.25) is 0 Å². The molecule has 1 aromatic carbocycles. The number of benzene rings is 1. The van der Waals surface area contributed by atoms with E-state index in [1.807, 2.05) is 5.38 Å². The molecule has 2 aromatic rings. The maximum absolute atomic E-state index is 11.3. The van der Waals surface area contributed by atoms with Gasteiger partial charge in [-0.1, -0.05) is 12.1 Å². The van der Waals surface area contributed by atoms with Crippen molar-refractivity contribution in [2.24, 2.45) is 5.73 Å². The molecular weight excluding hydrogens is 268 g/mol. The molecule has 0 radical (unpaired) electrons. The van der Waals surface area contributed by atoms with Crippen LogP contribution in [0.4, 0.5) is 0 Å². The number of thiazole rings is 1. The van der Waals surface area contributed by atoms with E-state index >= 15 is 0 Å².